The number of ether oxygens (including phenoxy) is 3. The fourth-order valence-corrected chi connectivity index (χ4v) is 4.60. The number of hydrogen-bond donors (Lipinski definition) is 1. The summed E-state index contributed by atoms with van der Waals surface area (Å²) in [6.45, 7) is 0.990. The number of carbonyl (C=O) groups is 2. The number of rotatable bonds is 6. The number of amides is 2. The summed E-state index contributed by atoms with van der Waals surface area (Å²) in [6, 6.07) is 18.9. The third-order valence-corrected chi connectivity index (χ3v) is 6.50. The molecule has 2 aliphatic heterocycles. The van der Waals surface area contributed by atoms with Crippen molar-refractivity contribution in [1.82, 2.24) is 10.2 Å². The summed E-state index contributed by atoms with van der Waals surface area (Å²) < 4.78 is 30.3. The second-order valence-electron chi connectivity index (χ2n) is 8.58. The summed E-state index contributed by atoms with van der Waals surface area (Å²) in [5.41, 5.74) is 1.79. The first kappa shape index (κ1) is 22.7. The van der Waals surface area contributed by atoms with Crippen molar-refractivity contribution in [2.45, 2.75) is 12.5 Å². The molecule has 0 unspecified atom stereocenters. The number of carbonyl (C=O) groups excluding carboxylic acids is 2. The molecular formula is C27H25FN2O5. The van der Waals surface area contributed by atoms with Gasteiger partial charge >= 0.3 is 0 Å². The summed E-state index contributed by atoms with van der Waals surface area (Å²) in [4.78, 5) is 28.0. The molecule has 5 rings (SSSR count). The number of hydrogen-bond acceptors (Lipinski definition) is 5. The molecule has 0 bridgehead atoms. The van der Waals surface area contributed by atoms with Gasteiger partial charge in [0.15, 0.2) is 11.5 Å². The normalized spacial score (nSPS) is 18.4. The summed E-state index contributed by atoms with van der Waals surface area (Å²) in [6.07, 6.45) is 0. The highest BCUT2D eigenvalue weighted by molar-refractivity contribution is 5.95. The topological polar surface area (TPSA) is 77.1 Å². The van der Waals surface area contributed by atoms with Gasteiger partial charge in [-0.1, -0.05) is 30.3 Å². The van der Waals surface area contributed by atoms with E-state index in [1.807, 2.05) is 42.5 Å². The van der Waals surface area contributed by atoms with Crippen molar-refractivity contribution >= 4 is 11.8 Å². The van der Waals surface area contributed by atoms with E-state index >= 15 is 0 Å². The summed E-state index contributed by atoms with van der Waals surface area (Å²) >= 11 is 0. The number of methoxy groups -OCH3 is 1. The van der Waals surface area contributed by atoms with Crippen LogP contribution in [0, 0.1) is 11.7 Å². The Kier molecular flexibility index (Phi) is 6.27. The van der Waals surface area contributed by atoms with Crippen molar-refractivity contribution in [1.29, 1.82) is 0 Å². The largest absolute Gasteiger partial charge is 0.497 e. The molecule has 0 spiro atoms. The van der Waals surface area contributed by atoms with Gasteiger partial charge in [-0.05, 0) is 47.5 Å². The van der Waals surface area contributed by atoms with Crippen LogP contribution in [0.2, 0.25) is 0 Å². The highest BCUT2D eigenvalue weighted by atomic mass is 19.1. The second kappa shape index (κ2) is 9.66. The van der Waals surface area contributed by atoms with E-state index in [4.69, 9.17) is 14.2 Å². The van der Waals surface area contributed by atoms with E-state index < -0.39 is 17.6 Å². The minimum Gasteiger partial charge on any atom is -0.497 e. The van der Waals surface area contributed by atoms with Crippen LogP contribution in [0.1, 0.15) is 27.4 Å². The lowest BCUT2D eigenvalue weighted by Gasteiger charge is -2.18. The van der Waals surface area contributed by atoms with Crippen LogP contribution < -0.4 is 19.5 Å². The number of nitrogens with one attached hydrogen (secondary N) is 1. The van der Waals surface area contributed by atoms with Crippen LogP contribution in [0.3, 0.4) is 0 Å². The zero-order chi connectivity index (χ0) is 24.4. The lowest BCUT2D eigenvalue weighted by atomic mass is 9.88. The lowest BCUT2D eigenvalue weighted by molar-refractivity contribution is -0.125. The summed E-state index contributed by atoms with van der Waals surface area (Å²) in [7, 11) is 1.59. The van der Waals surface area contributed by atoms with Crippen LogP contribution in [-0.4, -0.2) is 43.7 Å². The Morgan fingerprint density at radius 3 is 2.57 bits per heavy atom. The Bertz CT molecular complexity index is 1250. The Hall–Kier alpha value is -4.07. The van der Waals surface area contributed by atoms with E-state index in [2.05, 4.69) is 5.32 Å². The van der Waals surface area contributed by atoms with Crippen molar-refractivity contribution in [3.63, 3.8) is 0 Å². The molecule has 0 radical (unpaired) electrons. The molecule has 35 heavy (non-hydrogen) atoms. The summed E-state index contributed by atoms with van der Waals surface area (Å²) in [5.74, 6) is 0.124. The van der Waals surface area contributed by atoms with Crippen molar-refractivity contribution in [3.05, 3.63) is 89.2 Å². The molecule has 1 saturated heterocycles. The highest BCUT2D eigenvalue weighted by Gasteiger charge is 2.41. The van der Waals surface area contributed by atoms with Gasteiger partial charge in [0, 0.05) is 25.6 Å². The Balaban J connectivity index is 1.35. The molecule has 0 saturated carbocycles. The van der Waals surface area contributed by atoms with Crippen LogP contribution in [0.4, 0.5) is 4.39 Å². The molecule has 0 aromatic heterocycles. The van der Waals surface area contributed by atoms with Crippen molar-refractivity contribution in [2.24, 2.45) is 5.92 Å². The van der Waals surface area contributed by atoms with E-state index in [1.54, 1.807) is 24.1 Å². The first-order valence-electron chi connectivity index (χ1n) is 11.4. The third kappa shape index (κ3) is 4.64. The Labute approximate surface area is 202 Å². The van der Waals surface area contributed by atoms with Gasteiger partial charge in [0.05, 0.1) is 18.6 Å². The standard InChI is InChI=1S/C27H25FN2O5/c1-33-19-9-7-18(8-10-19)21-14-30(27(32)20-4-2-3-5-23(20)28)15-22(21)26(31)29-13-17-6-11-24-25(12-17)35-16-34-24/h2-12,21-22H,13-16H2,1H3,(H,29,31)/t21-,22-/m0/s1. The van der Waals surface area contributed by atoms with Crippen molar-refractivity contribution < 1.29 is 28.2 Å². The predicted molar refractivity (Wildman–Crippen MR) is 126 cm³/mol. The molecule has 2 aliphatic rings. The SMILES string of the molecule is COc1ccc([C@@H]2CN(C(=O)c3ccccc3F)C[C@@H]2C(=O)NCc2ccc3c(c2)OCO3)cc1. The van der Waals surface area contributed by atoms with E-state index in [0.29, 0.717) is 30.3 Å². The van der Waals surface area contributed by atoms with Crippen LogP contribution in [0.15, 0.2) is 66.7 Å². The molecule has 2 heterocycles. The first-order valence-corrected chi connectivity index (χ1v) is 11.4. The van der Waals surface area contributed by atoms with E-state index in [9.17, 15) is 14.0 Å². The molecule has 3 aromatic carbocycles. The molecule has 2 amide bonds. The predicted octanol–water partition coefficient (Wildman–Crippen LogP) is 3.74. The van der Waals surface area contributed by atoms with Crippen LogP contribution >= 0.6 is 0 Å². The maximum atomic E-state index is 14.3. The molecule has 1 fully saturated rings. The molecular weight excluding hydrogens is 451 g/mol. The van der Waals surface area contributed by atoms with Crippen LogP contribution in [0.5, 0.6) is 17.2 Å². The highest BCUT2D eigenvalue weighted by Crippen LogP contribution is 2.35. The fraction of sp³-hybridized carbons (Fsp3) is 0.259. The maximum absolute atomic E-state index is 14.3. The number of fused-ring (bicyclic) bond motifs is 1. The van der Waals surface area contributed by atoms with E-state index in [1.165, 1.54) is 12.1 Å². The number of nitrogens with zero attached hydrogens (tertiary/aromatic N) is 1. The van der Waals surface area contributed by atoms with Gasteiger partial charge in [0.2, 0.25) is 12.7 Å². The molecule has 7 nitrogen and oxygen atoms in total. The van der Waals surface area contributed by atoms with Crippen molar-refractivity contribution in [2.75, 3.05) is 27.0 Å². The zero-order valence-corrected chi connectivity index (χ0v) is 19.2. The average Bonchev–Trinajstić information content (AvgIpc) is 3.54. The number of halogens is 1. The number of benzene rings is 3. The minimum absolute atomic E-state index is 0.00222. The molecule has 0 aliphatic carbocycles. The monoisotopic (exact) mass is 476 g/mol. The van der Waals surface area contributed by atoms with Crippen LogP contribution in [0.25, 0.3) is 0 Å². The summed E-state index contributed by atoms with van der Waals surface area (Å²) in [5, 5.41) is 2.99. The quantitative estimate of drug-likeness (QED) is 0.587. The third-order valence-electron chi connectivity index (χ3n) is 6.50. The van der Waals surface area contributed by atoms with E-state index in [0.717, 1.165) is 11.1 Å². The van der Waals surface area contributed by atoms with Gasteiger partial charge in [0.25, 0.3) is 5.91 Å². The molecule has 3 aromatic rings. The van der Waals surface area contributed by atoms with Gasteiger partial charge in [-0.15, -0.1) is 0 Å². The smallest absolute Gasteiger partial charge is 0.256 e. The minimum atomic E-state index is -0.575. The zero-order valence-electron chi connectivity index (χ0n) is 19.2. The fourth-order valence-electron chi connectivity index (χ4n) is 4.60. The van der Waals surface area contributed by atoms with Gasteiger partial charge < -0.3 is 24.4 Å². The first-order chi connectivity index (χ1) is 17.0. The van der Waals surface area contributed by atoms with Crippen LogP contribution in [-0.2, 0) is 11.3 Å². The van der Waals surface area contributed by atoms with Crippen molar-refractivity contribution in [3.8, 4) is 17.2 Å². The molecule has 2 atom stereocenters. The molecule has 1 N–H and O–H groups in total. The van der Waals surface area contributed by atoms with Gasteiger partial charge in [0.1, 0.15) is 11.6 Å². The van der Waals surface area contributed by atoms with Gasteiger partial charge in [-0.3, -0.25) is 9.59 Å². The maximum Gasteiger partial charge on any atom is 0.256 e. The Morgan fingerprint density at radius 1 is 1.03 bits per heavy atom. The van der Waals surface area contributed by atoms with Gasteiger partial charge in [-0.25, -0.2) is 4.39 Å². The average molecular weight is 477 g/mol. The Morgan fingerprint density at radius 2 is 1.80 bits per heavy atom. The molecule has 180 valence electrons. The van der Waals surface area contributed by atoms with E-state index in [-0.39, 0.29) is 30.7 Å². The molecule has 8 heteroatoms. The van der Waals surface area contributed by atoms with Gasteiger partial charge in [-0.2, -0.15) is 0 Å². The second-order valence-corrected chi connectivity index (χ2v) is 8.58. The lowest BCUT2D eigenvalue weighted by Crippen LogP contribution is -2.35. The number of likely N-dealkylation sites (tertiary alicyclic amines) is 1.